The molecule has 2 N–H and O–H groups in total. The Bertz CT molecular complexity index is 358. The average molecular weight is 232 g/mol. The topological polar surface area (TPSA) is 79.7 Å². The van der Waals surface area contributed by atoms with Crippen LogP contribution >= 0.6 is 11.6 Å². The van der Waals surface area contributed by atoms with E-state index in [9.17, 15) is 15.0 Å². The third-order valence-electron chi connectivity index (χ3n) is 1.81. The molecule has 1 aromatic heterocycles. The first-order valence-corrected chi connectivity index (χ1v) is 4.50. The molecule has 0 aromatic carbocycles. The minimum atomic E-state index is -1.69. The predicted octanol–water partition coefficient (Wildman–Crippen LogP) is 0.302. The lowest BCUT2D eigenvalue weighted by Crippen LogP contribution is -2.29. The van der Waals surface area contributed by atoms with Crippen molar-refractivity contribution in [3.63, 3.8) is 0 Å². The maximum absolute atomic E-state index is 10.9. The number of hydrogen-bond acceptors (Lipinski definition) is 5. The molecule has 0 aliphatic carbocycles. The van der Waals surface area contributed by atoms with Gasteiger partial charge in [-0.1, -0.05) is 11.6 Å². The SMILES string of the molecule is COC(=O)C(O)C(O)c1ncccc1Cl. The summed E-state index contributed by atoms with van der Waals surface area (Å²) < 4.78 is 4.27. The van der Waals surface area contributed by atoms with Crippen LogP contribution in [0.3, 0.4) is 0 Å². The Hall–Kier alpha value is -1.17. The van der Waals surface area contributed by atoms with Crippen LogP contribution in [0, 0.1) is 0 Å². The van der Waals surface area contributed by atoms with Crippen LogP contribution in [0.1, 0.15) is 11.8 Å². The number of aliphatic hydroxyl groups excluding tert-OH is 2. The molecular formula is C9H10ClNO4. The third-order valence-corrected chi connectivity index (χ3v) is 2.13. The van der Waals surface area contributed by atoms with Crippen LogP contribution in [-0.4, -0.2) is 34.4 Å². The molecule has 2 unspecified atom stereocenters. The van der Waals surface area contributed by atoms with Crippen molar-refractivity contribution in [3.05, 3.63) is 29.0 Å². The van der Waals surface area contributed by atoms with Crippen molar-refractivity contribution in [2.75, 3.05) is 7.11 Å². The van der Waals surface area contributed by atoms with Crippen LogP contribution in [0.25, 0.3) is 0 Å². The van der Waals surface area contributed by atoms with Gasteiger partial charge in [0.1, 0.15) is 6.10 Å². The largest absolute Gasteiger partial charge is 0.467 e. The highest BCUT2D eigenvalue weighted by atomic mass is 35.5. The number of pyridine rings is 1. The molecule has 0 saturated carbocycles. The van der Waals surface area contributed by atoms with Crippen molar-refractivity contribution in [3.8, 4) is 0 Å². The van der Waals surface area contributed by atoms with Crippen molar-refractivity contribution in [1.82, 2.24) is 4.98 Å². The number of aromatic nitrogens is 1. The molecular weight excluding hydrogens is 222 g/mol. The maximum atomic E-state index is 10.9. The van der Waals surface area contributed by atoms with Gasteiger partial charge in [-0.2, -0.15) is 0 Å². The van der Waals surface area contributed by atoms with Gasteiger partial charge in [-0.05, 0) is 12.1 Å². The summed E-state index contributed by atoms with van der Waals surface area (Å²) in [5.41, 5.74) is 0.0390. The molecule has 6 heteroatoms. The van der Waals surface area contributed by atoms with E-state index in [-0.39, 0.29) is 10.7 Å². The highest BCUT2D eigenvalue weighted by Gasteiger charge is 2.28. The number of halogens is 1. The fourth-order valence-electron chi connectivity index (χ4n) is 1.01. The molecule has 0 bridgehead atoms. The first-order chi connectivity index (χ1) is 7.07. The lowest BCUT2D eigenvalue weighted by Gasteiger charge is -2.15. The van der Waals surface area contributed by atoms with Crippen molar-refractivity contribution in [2.24, 2.45) is 0 Å². The number of methoxy groups -OCH3 is 1. The number of esters is 1. The third kappa shape index (κ3) is 2.65. The Morgan fingerprint density at radius 2 is 2.27 bits per heavy atom. The van der Waals surface area contributed by atoms with Gasteiger partial charge >= 0.3 is 5.97 Å². The van der Waals surface area contributed by atoms with Crippen molar-refractivity contribution < 1.29 is 19.7 Å². The van der Waals surface area contributed by atoms with Crippen LogP contribution in [0.2, 0.25) is 5.02 Å². The van der Waals surface area contributed by atoms with E-state index in [1.54, 1.807) is 6.07 Å². The number of aliphatic hydroxyl groups is 2. The fraction of sp³-hybridized carbons (Fsp3) is 0.333. The normalized spacial score (nSPS) is 14.4. The van der Waals surface area contributed by atoms with Gasteiger partial charge in [0.05, 0.1) is 17.8 Å². The van der Waals surface area contributed by atoms with Crippen LogP contribution < -0.4 is 0 Å². The minimum absolute atomic E-state index is 0.0390. The highest BCUT2D eigenvalue weighted by molar-refractivity contribution is 6.31. The zero-order valence-corrected chi connectivity index (χ0v) is 8.68. The molecule has 0 fully saturated rings. The summed E-state index contributed by atoms with van der Waals surface area (Å²) >= 11 is 5.73. The number of ether oxygens (including phenoxy) is 1. The van der Waals surface area contributed by atoms with Gasteiger partial charge in [0.25, 0.3) is 0 Å². The van der Waals surface area contributed by atoms with Gasteiger partial charge in [-0.3, -0.25) is 4.98 Å². The van der Waals surface area contributed by atoms with E-state index in [1.807, 2.05) is 0 Å². The number of rotatable bonds is 3. The monoisotopic (exact) mass is 231 g/mol. The lowest BCUT2D eigenvalue weighted by molar-refractivity contribution is -0.157. The smallest absolute Gasteiger partial charge is 0.337 e. The second-order valence-electron chi connectivity index (χ2n) is 2.78. The standard InChI is InChI=1S/C9H10ClNO4/c1-15-9(14)8(13)7(12)6-5(10)3-2-4-11-6/h2-4,7-8,12-13H,1H3. The van der Waals surface area contributed by atoms with E-state index in [0.29, 0.717) is 0 Å². The van der Waals surface area contributed by atoms with Gasteiger partial charge < -0.3 is 14.9 Å². The van der Waals surface area contributed by atoms with E-state index in [1.165, 1.54) is 12.3 Å². The zero-order valence-electron chi connectivity index (χ0n) is 7.92. The molecule has 1 aromatic rings. The molecule has 0 amide bonds. The van der Waals surface area contributed by atoms with Gasteiger partial charge in [-0.25, -0.2) is 4.79 Å². The predicted molar refractivity (Wildman–Crippen MR) is 52.2 cm³/mol. The molecule has 82 valence electrons. The van der Waals surface area contributed by atoms with Crippen LogP contribution in [0.5, 0.6) is 0 Å². The van der Waals surface area contributed by atoms with Crippen LogP contribution in [0.15, 0.2) is 18.3 Å². The maximum Gasteiger partial charge on any atom is 0.337 e. The van der Waals surface area contributed by atoms with E-state index < -0.39 is 18.2 Å². The number of carbonyl (C=O) groups excluding carboxylic acids is 1. The van der Waals surface area contributed by atoms with Crippen molar-refractivity contribution in [2.45, 2.75) is 12.2 Å². The summed E-state index contributed by atoms with van der Waals surface area (Å²) in [5, 5.41) is 19.1. The molecule has 15 heavy (non-hydrogen) atoms. The number of hydrogen-bond donors (Lipinski definition) is 2. The summed E-state index contributed by atoms with van der Waals surface area (Å²) in [6, 6.07) is 3.07. The first kappa shape index (κ1) is 11.9. The van der Waals surface area contributed by atoms with E-state index >= 15 is 0 Å². The Morgan fingerprint density at radius 1 is 1.60 bits per heavy atom. The molecule has 5 nitrogen and oxygen atoms in total. The van der Waals surface area contributed by atoms with Crippen LogP contribution in [-0.2, 0) is 9.53 Å². The molecule has 2 atom stereocenters. The molecule has 0 saturated heterocycles. The van der Waals surface area contributed by atoms with E-state index in [4.69, 9.17) is 11.6 Å². The lowest BCUT2D eigenvalue weighted by atomic mass is 10.1. The molecule has 1 rings (SSSR count). The Kier molecular flexibility index (Phi) is 4.02. The molecule has 0 radical (unpaired) electrons. The average Bonchev–Trinajstić information content (AvgIpc) is 2.26. The van der Waals surface area contributed by atoms with Crippen LogP contribution in [0.4, 0.5) is 0 Å². The second-order valence-corrected chi connectivity index (χ2v) is 3.19. The van der Waals surface area contributed by atoms with Gasteiger partial charge in [-0.15, -0.1) is 0 Å². The van der Waals surface area contributed by atoms with Gasteiger partial charge in [0.15, 0.2) is 6.10 Å². The Morgan fingerprint density at radius 3 is 2.80 bits per heavy atom. The second kappa shape index (κ2) is 5.06. The summed E-state index contributed by atoms with van der Waals surface area (Å²) in [5.74, 6) is -0.941. The first-order valence-electron chi connectivity index (χ1n) is 4.12. The van der Waals surface area contributed by atoms with Gasteiger partial charge in [0, 0.05) is 6.20 Å². The zero-order chi connectivity index (χ0) is 11.4. The fourth-order valence-corrected chi connectivity index (χ4v) is 1.25. The van der Waals surface area contributed by atoms with E-state index in [2.05, 4.69) is 9.72 Å². The number of carbonyl (C=O) groups is 1. The van der Waals surface area contributed by atoms with E-state index in [0.717, 1.165) is 7.11 Å². The summed E-state index contributed by atoms with van der Waals surface area (Å²) in [7, 11) is 1.11. The summed E-state index contributed by atoms with van der Waals surface area (Å²) in [6.45, 7) is 0. The Balaban J connectivity index is 2.89. The summed E-state index contributed by atoms with van der Waals surface area (Å²) in [4.78, 5) is 14.7. The summed E-state index contributed by atoms with van der Waals surface area (Å²) in [6.07, 6.45) is -1.79. The van der Waals surface area contributed by atoms with Crippen molar-refractivity contribution in [1.29, 1.82) is 0 Å². The van der Waals surface area contributed by atoms with Gasteiger partial charge in [0.2, 0.25) is 0 Å². The molecule has 0 aliphatic heterocycles. The molecule has 0 spiro atoms. The molecule has 1 heterocycles. The minimum Gasteiger partial charge on any atom is -0.467 e. The quantitative estimate of drug-likeness (QED) is 0.732. The molecule has 0 aliphatic rings. The number of nitrogens with zero attached hydrogens (tertiary/aromatic N) is 1. The van der Waals surface area contributed by atoms with Crippen molar-refractivity contribution >= 4 is 17.6 Å². The Labute approximate surface area is 91.3 Å². The highest BCUT2D eigenvalue weighted by Crippen LogP contribution is 2.22.